The molecule has 1 aromatic carbocycles. The maximum atomic E-state index is 12.8. The van der Waals surface area contributed by atoms with E-state index < -0.39 is 10.0 Å². The summed E-state index contributed by atoms with van der Waals surface area (Å²) in [6, 6.07) is 11.2. The second-order valence-corrected chi connectivity index (χ2v) is 10.6. The lowest BCUT2D eigenvalue weighted by Crippen LogP contribution is -2.34. The summed E-state index contributed by atoms with van der Waals surface area (Å²) in [5.41, 5.74) is 2.80. The van der Waals surface area contributed by atoms with E-state index in [4.69, 9.17) is 4.74 Å². The number of nitrogens with one attached hydrogen (secondary N) is 1. The molecule has 32 heavy (non-hydrogen) atoms. The molecule has 2 aliphatic rings. The van der Waals surface area contributed by atoms with Gasteiger partial charge in [-0.2, -0.15) is 5.26 Å². The standard InChI is InChI=1S/C24H26N4O3S/c1-15(17-5-6-17)27-32(29,30)19-8-10-22(26-13-19)24-21(12-25)20-9-7-18(31-2)11-23(20)28(24)14-16-3-4-16/h7-11,13,15-17,27H,3-6,14H2,1-2H3/t15-/m0/s1. The van der Waals surface area contributed by atoms with Gasteiger partial charge in [-0.05, 0) is 68.7 Å². The van der Waals surface area contributed by atoms with Crippen LogP contribution in [0.15, 0.2) is 41.4 Å². The topological polar surface area (TPSA) is 97.0 Å². The summed E-state index contributed by atoms with van der Waals surface area (Å²) >= 11 is 0. The Bertz CT molecular complexity index is 1310. The van der Waals surface area contributed by atoms with E-state index in [1.54, 1.807) is 19.2 Å². The van der Waals surface area contributed by atoms with Gasteiger partial charge in [0.05, 0.1) is 29.6 Å². The molecule has 1 atom stereocenters. The molecular weight excluding hydrogens is 424 g/mol. The Morgan fingerprint density at radius 2 is 2.03 bits per heavy atom. The SMILES string of the molecule is COc1ccc2c(C#N)c(-c3ccc(S(=O)(=O)N[C@@H](C)C4CC4)cn3)n(CC3CC3)c2c1. The van der Waals surface area contributed by atoms with Crippen molar-refractivity contribution in [1.82, 2.24) is 14.3 Å². The van der Waals surface area contributed by atoms with E-state index in [2.05, 4.69) is 20.3 Å². The van der Waals surface area contributed by atoms with Crippen LogP contribution in [0.3, 0.4) is 0 Å². The third-order valence-electron chi connectivity index (χ3n) is 6.48. The number of methoxy groups -OCH3 is 1. The zero-order chi connectivity index (χ0) is 22.5. The first kappa shape index (κ1) is 21.0. The molecule has 7 nitrogen and oxygen atoms in total. The average Bonchev–Trinajstić information content (AvgIpc) is 3.70. The first-order chi connectivity index (χ1) is 15.4. The molecule has 5 rings (SSSR count). The zero-order valence-electron chi connectivity index (χ0n) is 18.2. The van der Waals surface area contributed by atoms with Gasteiger partial charge in [0, 0.05) is 30.2 Å². The van der Waals surface area contributed by atoms with Gasteiger partial charge in [-0.3, -0.25) is 4.98 Å². The van der Waals surface area contributed by atoms with Crippen LogP contribution in [0.2, 0.25) is 0 Å². The second-order valence-electron chi connectivity index (χ2n) is 8.90. The van der Waals surface area contributed by atoms with Crippen LogP contribution in [0, 0.1) is 23.2 Å². The molecule has 2 aromatic heterocycles. The van der Waals surface area contributed by atoms with Crippen molar-refractivity contribution in [3.63, 3.8) is 0 Å². The van der Waals surface area contributed by atoms with Gasteiger partial charge < -0.3 is 9.30 Å². The van der Waals surface area contributed by atoms with Crippen molar-refractivity contribution in [2.45, 2.75) is 50.1 Å². The van der Waals surface area contributed by atoms with Crippen molar-refractivity contribution in [2.24, 2.45) is 11.8 Å². The van der Waals surface area contributed by atoms with Crippen LogP contribution in [0.5, 0.6) is 5.75 Å². The van der Waals surface area contributed by atoms with E-state index >= 15 is 0 Å². The molecule has 2 aliphatic carbocycles. The Morgan fingerprint density at radius 1 is 1.25 bits per heavy atom. The molecule has 0 saturated heterocycles. The highest BCUT2D eigenvalue weighted by molar-refractivity contribution is 7.89. The lowest BCUT2D eigenvalue weighted by molar-refractivity contribution is 0.415. The smallest absolute Gasteiger partial charge is 0.242 e. The second kappa shape index (κ2) is 7.91. The zero-order valence-corrected chi connectivity index (χ0v) is 19.0. The van der Waals surface area contributed by atoms with E-state index in [1.165, 1.54) is 19.0 Å². The van der Waals surface area contributed by atoms with Crippen LogP contribution in [-0.4, -0.2) is 31.1 Å². The average molecular weight is 451 g/mol. The van der Waals surface area contributed by atoms with Crippen LogP contribution in [0.25, 0.3) is 22.3 Å². The number of rotatable bonds is 8. The van der Waals surface area contributed by atoms with Crippen molar-refractivity contribution < 1.29 is 13.2 Å². The molecule has 1 N–H and O–H groups in total. The highest BCUT2D eigenvalue weighted by Gasteiger charge is 2.32. The van der Waals surface area contributed by atoms with E-state index in [1.807, 2.05) is 25.1 Å². The maximum Gasteiger partial charge on any atom is 0.242 e. The minimum atomic E-state index is -3.63. The van der Waals surface area contributed by atoms with Gasteiger partial charge in [-0.15, -0.1) is 0 Å². The van der Waals surface area contributed by atoms with Crippen LogP contribution >= 0.6 is 0 Å². The molecule has 0 aliphatic heterocycles. The number of sulfonamides is 1. The molecule has 0 spiro atoms. The summed E-state index contributed by atoms with van der Waals surface area (Å²) in [4.78, 5) is 4.63. The Kier molecular flexibility index (Phi) is 5.19. The highest BCUT2D eigenvalue weighted by Crippen LogP contribution is 2.39. The van der Waals surface area contributed by atoms with Crippen LogP contribution in [0.4, 0.5) is 0 Å². The number of hydrogen-bond acceptors (Lipinski definition) is 5. The van der Waals surface area contributed by atoms with Crippen molar-refractivity contribution in [3.05, 3.63) is 42.1 Å². The number of hydrogen-bond donors (Lipinski definition) is 1. The Labute approximate surface area is 188 Å². The molecule has 0 bridgehead atoms. The van der Waals surface area contributed by atoms with Crippen molar-refractivity contribution >= 4 is 20.9 Å². The molecule has 2 saturated carbocycles. The predicted molar refractivity (Wildman–Crippen MR) is 122 cm³/mol. The minimum Gasteiger partial charge on any atom is -0.497 e. The van der Waals surface area contributed by atoms with E-state index in [9.17, 15) is 13.7 Å². The Morgan fingerprint density at radius 3 is 2.62 bits per heavy atom. The molecule has 2 fully saturated rings. The van der Waals surface area contributed by atoms with Gasteiger partial charge in [-0.25, -0.2) is 13.1 Å². The number of benzene rings is 1. The lowest BCUT2D eigenvalue weighted by Gasteiger charge is -2.14. The van der Waals surface area contributed by atoms with Gasteiger partial charge in [-0.1, -0.05) is 0 Å². The molecule has 2 heterocycles. The molecular formula is C24H26N4O3S. The Hall–Kier alpha value is -2.89. The summed E-state index contributed by atoms with van der Waals surface area (Å²) in [5.74, 6) is 1.73. The maximum absolute atomic E-state index is 12.8. The number of nitriles is 1. The number of pyridine rings is 1. The fraction of sp³-hybridized carbons (Fsp3) is 0.417. The van der Waals surface area contributed by atoms with Crippen LogP contribution in [0.1, 0.15) is 38.2 Å². The number of aromatic nitrogens is 2. The molecule has 3 aromatic rings. The van der Waals surface area contributed by atoms with Gasteiger partial charge in [0.2, 0.25) is 10.0 Å². The Balaban J connectivity index is 1.57. The van der Waals surface area contributed by atoms with Crippen LogP contribution in [-0.2, 0) is 16.6 Å². The third-order valence-corrected chi connectivity index (χ3v) is 8.02. The minimum absolute atomic E-state index is 0.0825. The summed E-state index contributed by atoms with van der Waals surface area (Å²) in [6.07, 6.45) is 5.85. The lowest BCUT2D eigenvalue weighted by atomic mass is 10.1. The summed E-state index contributed by atoms with van der Waals surface area (Å²) in [6.45, 7) is 2.70. The molecule has 8 heteroatoms. The fourth-order valence-electron chi connectivity index (χ4n) is 4.27. The van der Waals surface area contributed by atoms with Gasteiger partial charge in [0.25, 0.3) is 0 Å². The molecule has 166 valence electrons. The number of fused-ring (bicyclic) bond motifs is 1. The van der Waals surface area contributed by atoms with E-state index in [-0.39, 0.29) is 10.9 Å². The predicted octanol–water partition coefficient (Wildman–Crippen LogP) is 4.07. The van der Waals surface area contributed by atoms with Crippen molar-refractivity contribution in [1.29, 1.82) is 5.26 Å². The van der Waals surface area contributed by atoms with E-state index in [0.29, 0.717) is 23.1 Å². The third kappa shape index (κ3) is 3.87. The summed E-state index contributed by atoms with van der Waals surface area (Å²) in [7, 11) is -2.01. The normalized spacial score (nSPS) is 17.3. The number of nitrogens with zero attached hydrogens (tertiary/aromatic N) is 3. The number of ether oxygens (including phenoxy) is 1. The first-order valence-electron chi connectivity index (χ1n) is 11.0. The summed E-state index contributed by atoms with van der Waals surface area (Å²) in [5, 5.41) is 10.8. The summed E-state index contributed by atoms with van der Waals surface area (Å²) < 4.78 is 35.8. The van der Waals surface area contributed by atoms with Crippen molar-refractivity contribution in [3.8, 4) is 23.2 Å². The first-order valence-corrected chi connectivity index (χ1v) is 12.5. The van der Waals surface area contributed by atoms with E-state index in [0.717, 1.165) is 41.7 Å². The quantitative estimate of drug-likeness (QED) is 0.558. The van der Waals surface area contributed by atoms with Gasteiger partial charge >= 0.3 is 0 Å². The molecule has 0 radical (unpaired) electrons. The van der Waals surface area contributed by atoms with Crippen LogP contribution < -0.4 is 9.46 Å². The fourth-order valence-corrected chi connectivity index (χ4v) is 5.53. The largest absolute Gasteiger partial charge is 0.497 e. The molecule has 0 amide bonds. The molecule has 0 unspecified atom stereocenters. The van der Waals surface area contributed by atoms with Gasteiger partial charge in [0.15, 0.2) is 0 Å². The van der Waals surface area contributed by atoms with Gasteiger partial charge in [0.1, 0.15) is 16.7 Å². The monoisotopic (exact) mass is 450 g/mol. The highest BCUT2D eigenvalue weighted by atomic mass is 32.2. The van der Waals surface area contributed by atoms with Crippen molar-refractivity contribution in [2.75, 3.05) is 7.11 Å².